The molecule has 3 heterocycles. The monoisotopic (exact) mass is 410 g/mol. The number of amides is 2. The first-order valence-corrected chi connectivity index (χ1v) is 9.66. The number of carbonyl (C=O) groups excluding carboxylic acids is 2. The second-order valence-corrected chi connectivity index (χ2v) is 7.15. The van der Waals surface area contributed by atoms with Gasteiger partial charge in [0.15, 0.2) is 0 Å². The molecule has 6 nitrogen and oxygen atoms in total. The molecule has 1 fully saturated rings. The lowest BCUT2D eigenvalue weighted by molar-refractivity contribution is -0.121. The number of hydrogen-bond acceptors (Lipinski definition) is 3. The maximum atomic E-state index is 13.8. The summed E-state index contributed by atoms with van der Waals surface area (Å²) >= 11 is 0. The molecule has 0 aliphatic carbocycles. The summed E-state index contributed by atoms with van der Waals surface area (Å²) in [6, 6.07) is 10.3. The average Bonchev–Trinajstić information content (AvgIpc) is 3.26. The number of piperidine rings is 1. The number of hydrogen-bond donors (Lipinski definition) is 1. The van der Waals surface area contributed by atoms with E-state index in [1.54, 1.807) is 40.1 Å². The molecule has 3 aromatic rings. The Kier molecular flexibility index (Phi) is 5.56. The third-order valence-corrected chi connectivity index (χ3v) is 5.23. The predicted molar refractivity (Wildman–Crippen MR) is 107 cm³/mol. The summed E-state index contributed by atoms with van der Waals surface area (Å²) in [6.45, 7) is 0.835. The third-order valence-electron chi connectivity index (χ3n) is 5.23. The molecule has 0 spiro atoms. The van der Waals surface area contributed by atoms with Crippen LogP contribution in [0.1, 0.15) is 23.3 Å². The van der Waals surface area contributed by atoms with Crippen LogP contribution in [-0.4, -0.2) is 39.4 Å². The fraction of sp³-hybridized carbons (Fsp3) is 0.227. The van der Waals surface area contributed by atoms with Crippen molar-refractivity contribution in [3.05, 3.63) is 78.4 Å². The van der Waals surface area contributed by atoms with E-state index in [0.29, 0.717) is 31.6 Å². The van der Waals surface area contributed by atoms with Crippen molar-refractivity contribution in [2.75, 3.05) is 18.4 Å². The quantitative estimate of drug-likeness (QED) is 0.714. The highest BCUT2D eigenvalue weighted by Gasteiger charge is 2.29. The van der Waals surface area contributed by atoms with E-state index >= 15 is 0 Å². The molecule has 8 heteroatoms. The number of halogens is 2. The Balaban J connectivity index is 1.38. The van der Waals surface area contributed by atoms with Crippen molar-refractivity contribution in [1.82, 2.24) is 14.5 Å². The lowest BCUT2D eigenvalue weighted by Crippen LogP contribution is -2.42. The number of carbonyl (C=O) groups is 2. The zero-order chi connectivity index (χ0) is 21.1. The third kappa shape index (κ3) is 4.07. The van der Waals surface area contributed by atoms with Gasteiger partial charge < -0.3 is 14.8 Å². The zero-order valence-electron chi connectivity index (χ0n) is 16.1. The molecule has 1 saturated heterocycles. The van der Waals surface area contributed by atoms with E-state index < -0.39 is 11.6 Å². The van der Waals surface area contributed by atoms with Crippen LogP contribution in [0.25, 0.3) is 5.69 Å². The summed E-state index contributed by atoms with van der Waals surface area (Å²) in [5.74, 6) is -2.30. The van der Waals surface area contributed by atoms with E-state index in [4.69, 9.17) is 0 Å². The molecule has 1 aromatic carbocycles. The molecule has 1 N–H and O–H groups in total. The maximum absolute atomic E-state index is 13.8. The van der Waals surface area contributed by atoms with E-state index in [2.05, 4.69) is 10.3 Å². The van der Waals surface area contributed by atoms with Gasteiger partial charge in [-0.3, -0.25) is 14.6 Å². The normalized spacial score (nSPS) is 14.5. The van der Waals surface area contributed by atoms with Gasteiger partial charge in [0, 0.05) is 37.5 Å². The molecule has 0 saturated carbocycles. The molecule has 0 atom stereocenters. The van der Waals surface area contributed by atoms with Crippen LogP contribution in [0.4, 0.5) is 14.5 Å². The summed E-state index contributed by atoms with van der Waals surface area (Å²) in [6.07, 6.45) is 6.09. The Morgan fingerprint density at radius 1 is 1.07 bits per heavy atom. The van der Waals surface area contributed by atoms with Crippen molar-refractivity contribution in [3.63, 3.8) is 0 Å². The Bertz CT molecular complexity index is 1060. The summed E-state index contributed by atoms with van der Waals surface area (Å²) in [5, 5.41) is 2.51. The van der Waals surface area contributed by atoms with E-state index in [0.717, 1.165) is 17.8 Å². The van der Waals surface area contributed by atoms with Gasteiger partial charge in [-0.05, 0) is 49.2 Å². The highest BCUT2D eigenvalue weighted by molar-refractivity contribution is 5.95. The van der Waals surface area contributed by atoms with Gasteiger partial charge in [0.1, 0.15) is 17.3 Å². The highest BCUT2D eigenvalue weighted by atomic mass is 19.1. The number of nitrogens with one attached hydrogen (secondary N) is 1. The van der Waals surface area contributed by atoms with Crippen molar-refractivity contribution in [2.24, 2.45) is 5.92 Å². The predicted octanol–water partition coefficient (Wildman–Crippen LogP) is 3.64. The summed E-state index contributed by atoms with van der Waals surface area (Å²) in [7, 11) is 0. The van der Waals surface area contributed by atoms with Gasteiger partial charge in [-0.25, -0.2) is 8.78 Å². The van der Waals surface area contributed by atoms with Crippen molar-refractivity contribution >= 4 is 17.5 Å². The molecule has 30 heavy (non-hydrogen) atoms. The molecule has 4 rings (SSSR count). The summed E-state index contributed by atoms with van der Waals surface area (Å²) in [4.78, 5) is 31.3. The fourth-order valence-corrected chi connectivity index (χ4v) is 3.61. The van der Waals surface area contributed by atoms with Gasteiger partial charge in [0.2, 0.25) is 5.91 Å². The summed E-state index contributed by atoms with van der Waals surface area (Å²) in [5.41, 5.74) is 1.27. The van der Waals surface area contributed by atoms with Crippen molar-refractivity contribution in [2.45, 2.75) is 12.8 Å². The Morgan fingerprint density at radius 3 is 2.57 bits per heavy atom. The maximum Gasteiger partial charge on any atom is 0.270 e. The van der Waals surface area contributed by atoms with E-state index in [1.165, 1.54) is 6.07 Å². The van der Waals surface area contributed by atoms with Crippen LogP contribution in [0.3, 0.4) is 0 Å². The largest absolute Gasteiger partial charge is 0.337 e. The summed E-state index contributed by atoms with van der Waals surface area (Å²) < 4.78 is 28.6. The van der Waals surface area contributed by atoms with Crippen LogP contribution in [0, 0.1) is 17.6 Å². The molecule has 0 bridgehead atoms. The number of rotatable bonds is 4. The molecule has 2 amide bonds. The first-order chi connectivity index (χ1) is 14.5. The van der Waals surface area contributed by atoms with Crippen LogP contribution < -0.4 is 5.32 Å². The van der Waals surface area contributed by atoms with Gasteiger partial charge in [-0.1, -0.05) is 0 Å². The van der Waals surface area contributed by atoms with Crippen LogP contribution in [0.15, 0.2) is 61.1 Å². The SMILES string of the molecule is O=C(Nc1ccc(F)cc1F)C1CCN(C(=O)c2cccn2-c2cccnc2)CC1. The van der Waals surface area contributed by atoms with Gasteiger partial charge in [0.05, 0.1) is 17.6 Å². The van der Waals surface area contributed by atoms with Crippen LogP contribution in [-0.2, 0) is 4.79 Å². The fourth-order valence-electron chi connectivity index (χ4n) is 3.61. The molecule has 1 aliphatic rings. The molecule has 154 valence electrons. The molecule has 2 aromatic heterocycles. The Hall–Kier alpha value is -3.55. The second-order valence-electron chi connectivity index (χ2n) is 7.15. The first-order valence-electron chi connectivity index (χ1n) is 9.66. The number of pyridine rings is 1. The molecule has 0 unspecified atom stereocenters. The topological polar surface area (TPSA) is 67.2 Å². The second kappa shape index (κ2) is 8.44. The lowest BCUT2D eigenvalue weighted by atomic mass is 9.95. The smallest absolute Gasteiger partial charge is 0.270 e. The first kappa shape index (κ1) is 19.8. The van der Waals surface area contributed by atoms with Crippen LogP contribution in [0.2, 0.25) is 0 Å². The molecular formula is C22H20F2N4O2. The standard InChI is InChI=1S/C22H20F2N4O2/c23-16-5-6-19(18(24)13-16)26-21(29)15-7-11-27(12-8-15)22(30)20-4-2-10-28(20)17-3-1-9-25-14-17/h1-6,9-10,13-15H,7-8,11-12H2,(H,26,29). The average molecular weight is 410 g/mol. The van der Waals surface area contributed by atoms with Crippen molar-refractivity contribution < 1.29 is 18.4 Å². The van der Waals surface area contributed by atoms with E-state index in [-0.39, 0.29) is 23.4 Å². The molecule has 1 aliphatic heterocycles. The van der Waals surface area contributed by atoms with Crippen LogP contribution >= 0.6 is 0 Å². The van der Waals surface area contributed by atoms with Crippen LogP contribution in [0.5, 0.6) is 0 Å². The zero-order valence-corrected chi connectivity index (χ0v) is 16.1. The number of likely N-dealkylation sites (tertiary alicyclic amines) is 1. The van der Waals surface area contributed by atoms with E-state index in [9.17, 15) is 18.4 Å². The number of anilines is 1. The van der Waals surface area contributed by atoms with Gasteiger partial charge in [-0.15, -0.1) is 0 Å². The Labute approximate surface area is 172 Å². The molecular weight excluding hydrogens is 390 g/mol. The number of nitrogens with zero attached hydrogens (tertiary/aromatic N) is 3. The van der Waals surface area contributed by atoms with Crippen molar-refractivity contribution in [3.8, 4) is 5.69 Å². The number of aromatic nitrogens is 2. The minimum Gasteiger partial charge on any atom is -0.337 e. The lowest BCUT2D eigenvalue weighted by Gasteiger charge is -2.31. The minimum atomic E-state index is -0.813. The minimum absolute atomic E-state index is 0.0470. The van der Waals surface area contributed by atoms with Gasteiger partial charge in [0.25, 0.3) is 5.91 Å². The van der Waals surface area contributed by atoms with E-state index in [1.807, 2.05) is 12.3 Å². The van der Waals surface area contributed by atoms with Gasteiger partial charge >= 0.3 is 0 Å². The van der Waals surface area contributed by atoms with Crippen molar-refractivity contribution in [1.29, 1.82) is 0 Å². The number of benzene rings is 1. The highest BCUT2D eigenvalue weighted by Crippen LogP contribution is 2.23. The van der Waals surface area contributed by atoms with Gasteiger partial charge in [-0.2, -0.15) is 0 Å². The molecule has 0 radical (unpaired) electrons. The Morgan fingerprint density at radius 2 is 1.87 bits per heavy atom.